The first-order chi connectivity index (χ1) is 14.3. The van der Waals surface area contributed by atoms with Crippen LogP contribution in [0.1, 0.15) is 22.5 Å². The molecule has 0 unspecified atom stereocenters. The number of hydrogen-bond acceptors (Lipinski definition) is 5. The molecule has 0 saturated heterocycles. The summed E-state index contributed by atoms with van der Waals surface area (Å²) in [5.74, 6) is -1.39. The zero-order valence-electron chi connectivity index (χ0n) is 16.6. The third-order valence-corrected chi connectivity index (χ3v) is 3.22. The predicted octanol–water partition coefficient (Wildman–Crippen LogP) is 3.41. The molecule has 0 aliphatic rings. The Morgan fingerprint density at radius 1 is 1.33 bits per heavy atom. The number of aromatic nitrogens is 1. The van der Waals surface area contributed by atoms with Gasteiger partial charge in [0.15, 0.2) is 0 Å². The molecule has 7 nitrogen and oxygen atoms in total. The van der Waals surface area contributed by atoms with Crippen molar-refractivity contribution in [1.82, 2.24) is 15.8 Å². The minimum atomic E-state index is -2.68. The largest absolute Gasteiger partial charge is 0.383 e. The number of alkyl halides is 2. The third kappa shape index (κ3) is 10.2. The van der Waals surface area contributed by atoms with Crippen molar-refractivity contribution in [2.24, 2.45) is 0 Å². The van der Waals surface area contributed by atoms with E-state index in [1.807, 2.05) is 0 Å². The number of halogens is 3. The topological polar surface area (TPSA) is 92.3 Å². The van der Waals surface area contributed by atoms with E-state index in [1.54, 1.807) is 6.08 Å². The van der Waals surface area contributed by atoms with Gasteiger partial charge in [0.05, 0.1) is 31.9 Å². The van der Waals surface area contributed by atoms with Gasteiger partial charge in [-0.3, -0.25) is 14.4 Å². The average Bonchev–Trinajstić information content (AvgIpc) is 2.73. The maximum absolute atomic E-state index is 12.3. The van der Waals surface area contributed by atoms with Crippen molar-refractivity contribution in [2.75, 3.05) is 25.5 Å². The minimum absolute atomic E-state index is 0.0195. The van der Waals surface area contributed by atoms with E-state index in [9.17, 15) is 22.8 Å². The van der Waals surface area contributed by atoms with Crippen LogP contribution in [-0.2, 0) is 9.63 Å². The molecule has 1 rings (SSSR count). The summed E-state index contributed by atoms with van der Waals surface area (Å²) in [5, 5.41) is 5.10. The van der Waals surface area contributed by atoms with Gasteiger partial charge in [-0.05, 0) is 18.6 Å². The molecule has 3 N–H and O–H groups in total. The molecule has 164 valence electrons. The number of nitrogens with zero attached hydrogens (tertiary/aromatic N) is 1. The molecule has 0 aromatic carbocycles. The normalized spacial score (nSPS) is 10.0. The molecule has 0 aliphatic heterocycles. The maximum Gasteiger partial charge on any atom is 0.293 e. The number of carbonyl (C=O) groups is 2. The van der Waals surface area contributed by atoms with Gasteiger partial charge in [0.2, 0.25) is 0 Å². The first kappa shape index (κ1) is 26.6. The second-order valence-corrected chi connectivity index (χ2v) is 5.39. The molecule has 2 amide bonds. The Kier molecular flexibility index (Phi) is 13.8. The monoisotopic (exact) mass is 426 g/mol. The van der Waals surface area contributed by atoms with Crippen molar-refractivity contribution in [1.29, 1.82) is 0 Å². The Morgan fingerprint density at radius 2 is 2.03 bits per heavy atom. The lowest BCUT2D eigenvalue weighted by Gasteiger charge is -2.14. The minimum Gasteiger partial charge on any atom is -0.383 e. The van der Waals surface area contributed by atoms with E-state index in [0.29, 0.717) is 25.0 Å². The molecular formula is C20H25F3N4O3. The summed E-state index contributed by atoms with van der Waals surface area (Å²) in [7, 11) is 1.26. The summed E-state index contributed by atoms with van der Waals surface area (Å²) in [5.41, 5.74) is 2.72. The second-order valence-electron chi connectivity index (χ2n) is 5.39. The van der Waals surface area contributed by atoms with Gasteiger partial charge in [-0.25, -0.2) is 23.6 Å². The maximum atomic E-state index is 12.3. The van der Waals surface area contributed by atoms with Crippen LogP contribution >= 0.6 is 0 Å². The van der Waals surface area contributed by atoms with Gasteiger partial charge < -0.3 is 10.6 Å². The molecule has 0 radical (unpaired) electrons. The first-order valence-corrected chi connectivity index (χ1v) is 8.63. The molecule has 30 heavy (non-hydrogen) atoms. The predicted molar refractivity (Wildman–Crippen MR) is 111 cm³/mol. The van der Waals surface area contributed by atoms with Crippen LogP contribution in [0.25, 0.3) is 5.57 Å². The number of hydrogen-bond donors (Lipinski definition) is 3. The molecule has 0 saturated carbocycles. The van der Waals surface area contributed by atoms with Crippen LogP contribution in [0, 0.1) is 0 Å². The summed E-state index contributed by atoms with van der Waals surface area (Å²) in [6.07, 6.45) is 4.06. The lowest BCUT2D eigenvalue weighted by Crippen LogP contribution is -2.29. The summed E-state index contributed by atoms with van der Waals surface area (Å²) in [4.78, 5) is 32.3. The highest BCUT2D eigenvalue weighted by molar-refractivity contribution is 6.20. The number of hydroxylamine groups is 1. The standard InChI is InChI=1S/C16H20F2N4O3.C4H5F/c1-4-5-6-19-13-8-20-12(16(24)22-25-3)7-11(13)10(2)15(23)21-9-14(17)18;1-2-3-4-5/h4,7-8,14,19H,1-2,5-6,9H2,3H3,(H,21,23)(H,22,24);2-4H,1H2/b;4-3+. The van der Waals surface area contributed by atoms with Crippen LogP contribution in [-0.4, -0.2) is 43.4 Å². The number of amides is 2. The zero-order chi connectivity index (χ0) is 22.9. The van der Waals surface area contributed by atoms with E-state index in [4.69, 9.17) is 0 Å². The first-order valence-electron chi connectivity index (χ1n) is 8.63. The van der Waals surface area contributed by atoms with E-state index in [-0.39, 0.29) is 16.8 Å². The quantitative estimate of drug-likeness (QED) is 0.166. The highest BCUT2D eigenvalue weighted by Crippen LogP contribution is 2.23. The lowest BCUT2D eigenvalue weighted by atomic mass is 10.0. The van der Waals surface area contributed by atoms with Crippen molar-refractivity contribution in [3.8, 4) is 0 Å². The highest BCUT2D eigenvalue weighted by atomic mass is 19.3. The number of pyridine rings is 1. The van der Waals surface area contributed by atoms with Crippen molar-refractivity contribution < 1.29 is 27.6 Å². The Hall–Kier alpha value is -3.40. The summed E-state index contributed by atoms with van der Waals surface area (Å²) in [6, 6.07) is 1.33. The highest BCUT2D eigenvalue weighted by Gasteiger charge is 2.18. The van der Waals surface area contributed by atoms with E-state index in [1.165, 1.54) is 31.5 Å². The SMILES string of the molecule is C=C/C=C/F.C=CCCNc1cnc(C(=O)NOC)cc1C(=C)C(=O)NCC(F)F. The van der Waals surface area contributed by atoms with Crippen molar-refractivity contribution in [2.45, 2.75) is 12.8 Å². The van der Waals surface area contributed by atoms with Crippen molar-refractivity contribution in [3.63, 3.8) is 0 Å². The Morgan fingerprint density at radius 3 is 2.53 bits per heavy atom. The van der Waals surface area contributed by atoms with Gasteiger partial charge >= 0.3 is 0 Å². The molecule has 1 aromatic heterocycles. The summed E-state index contributed by atoms with van der Waals surface area (Å²) < 4.78 is 35.3. The van der Waals surface area contributed by atoms with Crippen LogP contribution in [0.2, 0.25) is 0 Å². The van der Waals surface area contributed by atoms with Gasteiger partial charge in [-0.15, -0.1) is 6.58 Å². The van der Waals surface area contributed by atoms with Gasteiger partial charge in [0, 0.05) is 17.7 Å². The van der Waals surface area contributed by atoms with Gasteiger partial charge in [-0.2, -0.15) is 0 Å². The van der Waals surface area contributed by atoms with E-state index >= 15 is 0 Å². The van der Waals surface area contributed by atoms with Crippen LogP contribution in [0.4, 0.5) is 18.9 Å². The van der Waals surface area contributed by atoms with Crippen LogP contribution in [0.15, 0.2) is 56.6 Å². The molecule has 1 aromatic rings. The van der Waals surface area contributed by atoms with Gasteiger partial charge in [-0.1, -0.05) is 25.3 Å². The van der Waals surface area contributed by atoms with E-state index < -0.39 is 24.8 Å². The van der Waals surface area contributed by atoms with Crippen LogP contribution < -0.4 is 16.1 Å². The molecule has 0 bridgehead atoms. The van der Waals surface area contributed by atoms with Crippen LogP contribution in [0.5, 0.6) is 0 Å². The fourth-order valence-corrected chi connectivity index (χ4v) is 1.87. The number of rotatable bonds is 11. The number of anilines is 1. The third-order valence-electron chi connectivity index (χ3n) is 3.22. The Labute approximate surface area is 173 Å². The molecule has 0 atom stereocenters. The molecule has 1 heterocycles. The molecule has 0 spiro atoms. The summed E-state index contributed by atoms with van der Waals surface area (Å²) in [6.45, 7) is 10.2. The van der Waals surface area contributed by atoms with E-state index in [2.05, 4.69) is 45.7 Å². The van der Waals surface area contributed by atoms with Crippen molar-refractivity contribution in [3.05, 3.63) is 67.8 Å². The van der Waals surface area contributed by atoms with Crippen LogP contribution in [0.3, 0.4) is 0 Å². The van der Waals surface area contributed by atoms with Gasteiger partial charge in [0.25, 0.3) is 18.2 Å². The number of carbonyl (C=O) groups excluding carboxylic acids is 2. The fraction of sp³-hybridized carbons (Fsp3) is 0.250. The summed E-state index contributed by atoms with van der Waals surface area (Å²) >= 11 is 0. The van der Waals surface area contributed by atoms with Crippen molar-refractivity contribution >= 4 is 23.1 Å². The lowest BCUT2D eigenvalue weighted by molar-refractivity contribution is -0.116. The average molecular weight is 426 g/mol. The molecule has 10 heteroatoms. The fourth-order valence-electron chi connectivity index (χ4n) is 1.87. The number of allylic oxidation sites excluding steroid dienone is 2. The Balaban J connectivity index is 0.00000150. The van der Waals surface area contributed by atoms with Gasteiger partial charge in [0.1, 0.15) is 5.69 Å². The van der Waals surface area contributed by atoms with E-state index in [0.717, 1.165) is 0 Å². The molecular weight excluding hydrogens is 401 g/mol. The molecule has 0 fully saturated rings. The smallest absolute Gasteiger partial charge is 0.293 e. The molecule has 0 aliphatic carbocycles. The Bertz CT molecular complexity index is 768. The second kappa shape index (κ2) is 15.5. The zero-order valence-corrected chi connectivity index (χ0v) is 16.6. The number of nitrogens with one attached hydrogen (secondary N) is 3.